The highest BCUT2D eigenvalue weighted by molar-refractivity contribution is 5.56. The number of hydroxylamine groups is 2. The monoisotopic (exact) mass is 245 g/mol. The number of nitrogens with zero attached hydrogens (tertiary/aromatic N) is 1. The summed E-state index contributed by atoms with van der Waals surface area (Å²) in [6.07, 6.45) is -0.681. The third-order valence-corrected chi connectivity index (χ3v) is 3.93. The van der Waals surface area contributed by atoms with Crippen LogP contribution in [0.25, 0.3) is 0 Å². The van der Waals surface area contributed by atoms with Gasteiger partial charge in [-0.2, -0.15) is 0 Å². The normalized spacial score (nSPS) is 35.6. The first-order chi connectivity index (χ1) is 7.58. The van der Waals surface area contributed by atoms with Crippen LogP contribution in [0.2, 0.25) is 0 Å². The van der Waals surface area contributed by atoms with Crippen molar-refractivity contribution in [2.24, 2.45) is 5.41 Å². The molecule has 1 aliphatic rings. The molecule has 3 unspecified atom stereocenters. The third kappa shape index (κ3) is 2.72. The Kier molecular flexibility index (Phi) is 3.74. The van der Waals surface area contributed by atoms with E-state index in [1.165, 1.54) is 5.06 Å². The van der Waals surface area contributed by atoms with Crippen molar-refractivity contribution in [1.29, 1.82) is 0 Å². The van der Waals surface area contributed by atoms with E-state index in [4.69, 9.17) is 9.94 Å². The molecule has 0 aromatic heterocycles. The average molecular weight is 245 g/mol. The summed E-state index contributed by atoms with van der Waals surface area (Å²) < 4.78 is 0. The van der Waals surface area contributed by atoms with Gasteiger partial charge in [-0.05, 0) is 32.1 Å². The summed E-state index contributed by atoms with van der Waals surface area (Å²) in [4.78, 5) is 15.7. The predicted molar refractivity (Wildman–Crippen MR) is 63.5 cm³/mol. The van der Waals surface area contributed by atoms with Crippen LogP contribution in [0.5, 0.6) is 0 Å². The van der Waals surface area contributed by atoms with Crippen molar-refractivity contribution in [3.05, 3.63) is 0 Å². The first-order valence-electron chi connectivity index (χ1n) is 5.96. The Labute approximate surface area is 102 Å². The zero-order valence-corrected chi connectivity index (χ0v) is 11.2. The lowest BCUT2D eigenvalue weighted by atomic mass is 9.68. The maximum absolute atomic E-state index is 10.8. The van der Waals surface area contributed by atoms with E-state index < -0.39 is 17.8 Å². The van der Waals surface area contributed by atoms with Gasteiger partial charge in [-0.3, -0.25) is 0 Å². The molecule has 1 saturated heterocycles. The number of rotatable bonds is 1. The summed E-state index contributed by atoms with van der Waals surface area (Å²) in [5.74, 6) is 0. The van der Waals surface area contributed by atoms with Gasteiger partial charge >= 0.3 is 6.16 Å². The number of hydrogen-bond donors (Lipinski definition) is 2. The first kappa shape index (κ1) is 14.3. The minimum absolute atomic E-state index is 0.126. The SMILES string of the molecule is CC1CC(O)CC(C)(C(C)(C)C)N1OC(=O)O. The number of carbonyl (C=O) groups is 1. The minimum Gasteiger partial charge on any atom is -0.448 e. The van der Waals surface area contributed by atoms with E-state index in [-0.39, 0.29) is 11.5 Å². The Morgan fingerprint density at radius 3 is 2.41 bits per heavy atom. The Bertz CT molecular complexity index is 299. The van der Waals surface area contributed by atoms with Crippen molar-refractivity contribution >= 4 is 6.16 Å². The summed E-state index contributed by atoms with van der Waals surface area (Å²) in [5.41, 5.74) is -0.708. The topological polar surface area (TPSA) is 70.0 Å². The summed E-state index contributed by atoms with van der Waals surface area (Å²) in [6, 6.07) is -0.126. The molecule has 1 fully saturated rings. The summed E-state index contributed by atoms with van der Waals surface area (Å²) >= 11 is 0. The van der Waals surface area contributed by atoms with E-state index in [1.807, 2.05) is 34.6 Å². The van der Waals surface area contributed by atoms with Crippen LogP contribution in [0.15, 0.2) is 0 Å². The standard InChI is InChI=1S/C12H23NO4/c1-8-6-9(14)7-12(5,11(2,3)4)13(8)17-10(15)16/h8-9,14H,6-7H2,1-5H3,(H,15,16). The predicted octanol–water partition coefficient (Wildman–Crippen LogP) is 2.25. The average Bonchev–Trinajstić information content (AvgIpc) is 2.09. The van der Waals surface area contributed by atoms with Gasteiger partial charge in [-0.1, -0.05) is 20.8 Å². The van der Waals surface area contributed by atoms with Crippen molar-refractivity contribution < 1.29 is 19.8 Å². The summed E-state index contributed by atoms with van der Waals surface area (Å²) in [7, 11) is 0. The van der Waals surface area contributed by atoms with Crippen LogP contribution in [0.4, 0.5) is 4.79 Å². The van der Waals surface area contributed by atoms with Crippen molar-refractivity contribution in [1.82, 2.24) is 5.06 Å². The van der Waals surface area contributed by atoms with Gasteiger partial charge in [0, 0.05) is 6.04 Å². The van der Waals surface area contributed by atoms with Crippen molar-refractivity contribution in [2.75, 3.05) is 0 Å². The van der Waals surface area contributed by atoms with Gasteiger partial charge in [0.25, 0.3) is 0 Å². The highest BCUT2D eigenvalue weighted by Gasteiger charge is 2.51. The number of aliphatic hydroxyl groups is 1. The molecule has 2 N–H and O–H groups in total. The highest BCUT2D eigenvalue weighted by atomic mass is 16.8. The van der Waals surface area contributed by atoms with Crippen LogP contribution in [0.1, 0.15) is 47.5 Å². The Morgan fingerprint density at radius 2 is 2.00 bits per heavy atom. The number of piperidine rings is 1. The fourth-order valence-electron chi connectivity index (χ4n) is 2.52. The second-order valence-corrected chi connectivity index (χ2v) is 6.15. The molecule has 1 rings (SSSR count). The maximum atomic E-state index is 10.8. The van der Waals surface area contributed by atoms with E-state index in [9.17, 15) is 9.90 Å². The van der Waals surface area contributed by atoms with Gasteiger partial charge in [0.2, 0.25) is 0 Å². The molecule has 0 aromatic rings. The van der Waals surface area contributed by atoms with Crippen LogP contribution in [0, 0.1) is 5.41 Å². The van der Waals surface area contributed by atoms with Gasteiger partial charge in [0.05, 0.1) is 11.6 Å². The molecule has 0 bridgehead atoms. The number of hydrogen-bond acceptors (Lipinski definition) is 4. The molecule has 0 amide bonds. The highest BCUT2D eigenvalue weighted by Crippen LogP contribution is 2.44. The molecule has 3 atom stereocenters. The molecule has 0 radical (unpaired) electrons. The largest absolute Gasteiger partial charge is 0.525 e. The van der Waals surface area contributed by atoms with E-state index in [1.54, 1.807) is 0 Å². The molecule has 100 valence electrons. The van der Waals surface area contributed by atoms with Gasteiger partial charge in [0.1, 0.15) is 0 Å². The van der Waals surface area contributed by atoms with Gasteiger partial charge in [-0.15, -0.1) is 5.06 Å². The van der Waals surface area contributed by atoms with Crippen LogP contribution in [-0.2, 0) is 4.84 Å². The molecule has 1 aliphatic heterocycles. The molecule has 17 heavy (non-hydrogen) atoms. The van der Waals surface area contributed by atoms with Crippen molar-refractivity contribution in [2.45, 2.75) is 65.1 Å². The summed E-state index contributed by atoms with van der Waals surface area (Å²) in [6.45, 7) is 9.88. The lowest BCUT2D eigenvalue weighted by Crippen LogP contribution is -2.63. The summed E-state index contributed by atoms with van der Waals surface area (Å²) in [5, 5.41) is 20.3. The first-order valence-corrected chi connectivity index (χ1v) is 5.96. The van der Waals surface area contributed by atoms with Crippen LogP contribution >= 0.6 is 0 Å². The molecule has 0 spiro atoms. The molecule has 0 aliphatic carbocycles. The quantitative estimate of drug-likeness (QED) is 0.741. The number of aliphatic hydroxyl groups excluding tert-OH is 1. The van der Waals surface area contributed by atoms with E-state index >= 15 is 0 Å². The van der Waals surface area contributed by atoms with Crippen LogP contribution in [-0.4, -0.2) is 39.1 Å². The van der Waals surface area contributed by atoms with E-state index in [2.05, 4.69) is 0 Å². The molecule has 1 heterocycles. The molecule has 5 heteroatoms. The lowest BCUT2D eigenvalue weighted by molar-refractivity contribution is -0.261. The maximum Gasteiger partial charge on any atom is 0.525 e. The fourth-order valence-corrected chi connectivity index (χ4v) is 2.52. The van der Waals surface area contributed by atoms with Crippen molar-refractivity contribution in [3.63, 3.8) is 0 Å². The van der Waals surface area contributed by atoms with Gasteiger partial charge < -0.3 is 15.1 Å². The Balaban J connectivity index is 3.06. The second-order valence-electron chi connectivity index (χ2n) is 6.15. The van der Waals surface area contributed by atoms with Crippen molar-refractivity contribution in [3.8, 4) is 0 Å². The van der Waals surface area contributed by atoms with Gasteiger partial charge in [-0.25, -0.2) is 4.79 Å². The van der Waals surface area contributed by atoms with E-state index in [0.717, 1.165) is 0 Å². The molecule has 0 aromatic carbocycles. The number of carboxylic acid groups (broad SMARTS) is 1. The smallest absolute Gasteiger partial charge is 0.448 e. The van der Waals surface area contributed by atoms with E-state index in [0.29, 0.717) is 12.8 Å². The molecule has 5 nitrogen and oxygen atoms in total. The molecular formula is C12H23NO4. The van der Waals surface area contributed by atoms with Crippen LogP contribution in [0.3, 0.4) is 0 Å². The zero-order chi connectivity index (χ0) is 13.4. The third-order valence-electron chi connectivity index (χ3n) is 3.93. The zero-order valence-electron chi connectivity index (χ0n) is 11.2. The fraction of sp³-hybridized carbons (Fsp3) is 0.917. The second kappa shape index (κ2) is 4.46. The Morgan fingerprint density at radius 1 is 1.47 bits per heavy atom. The minimum atomic E-state index is -1.30. The molecular weight excluding hydrogens is 222 g/mol. The lowest BCUT2D eigenvalue weighted by Gasteiger charge is -2.54. The van der Waals surface area contributed by atoms with Gasteiger partial charge in [0.15, 0.2) is 0 Å². The molecule has 0 saturated carbocycles. The van der Waals surface area contributed by atoms with Crippen LogP contribution < -0.4 is 0 Å². The Hall–Kier alpha value is -0.810.